The normalized spacial score (nSPS) is 12.6. The highest BCUT2D eigenvalue weighted by molar-refractivity contribution is 5.83. The van der Waals surface area contributed by atoms with Crippen LogP contribution in [0.2, 0.25) is 0 Å². The Balaban J connectivity index is 1.68. The van der Waals surface area contributed by atoms with Crippen LogP contribution in [0.4, 0.5) is 0 Å². The van der Waals surface area contributed by atoms with Crippen molar-refractivity contribution in [3.8, 4) is 0 Å². The van der Waals surface area contributed by atoms with Gasteiger partial charge >= 0.3 is 0 Å². The van der Waals surface area contributed by atoms with Gasteiger partial charge in [-0.15, -0.1) is 0 Å². The number of hydrogen-bond acceptors (Lipinski definition) is 2. The predicted octanol–water partition coefficient (Wildman–Crippen LogP) is 6.60. The van der Waals surface area contributed by atoms with Gasteiger partial charge in [-0.25, -0.2) is 0 Å². The Hall–Kier alpha value is -2.74. The van der Waals surface area contributed by atoms with Gasteiger partial charge in [0.25, 0.3) is 0 Å². The molecule has 0 saturated carbocycles. The van der Waals surface area contributed by atoms with Gasteiger partial charge in [-0.1, -0.05) is 65.0 Å². The van der Waals surface area contributed by atoms with Gasteiger partial charge < -0.3 is 0 Å². The smallest absolute Gasteiger partial charge is 0.0702 e. The van der Waals surface area contributed by atoms with Crippen LogP contribution in [0.1, 0.15) is 51.4 Å². The Morgan fingerprint density at radius 1 is 0.714 bits per heavy atom. The van der Waals surface area contributed by atoms with Crippen molar-refractivity contribution in [2.45, 2.75) is 51.9 Å². The number of pyridine rings is 2. The average Bonchev–Trinajstić information content (AvgIpc) is 2.66. The molecule has 0 bridgehead atoms. The van der Waals surface area contributed by atoms with Gasteiger partial charge in [-0.3, -0.25) is 9.97 Å². The summed E-state index contributed by atoms with van der Waals surface area (Å²) < 4.78 is 0. The number of rotatable bonds is 3. The van der Waals surface area contributed by atoms with Crippen LogP contribution >= 0.6 is 0 Å². The first kappa shape index (κ1) is 18.6. The highest BCUT2D eigenvalue weighted by Gasteiger charge is 2.22. The molecule has 0 amide bonds. The lowest BCUT2D eigenvalue weighted by Gasteiger charge is -2.25. The minimum Gasteiger partial charge on any atom is -0.261 e. The predicted molar refractivity (Wildman–Crippen MR) is 119 cm³/mol. The highest BCUT2D eigenvalue weighted by atomic mass is 14.7. The second kappa shape index (κ2) is 6.70. The van der Waals surface area contributed by atoms with Crippen molar-refractivity contribution >= 4 is 21.7 Å². The fraction of sp³-hybridized carbons (Fsp3) is 0.308. The van der Waals surface area contributed by atoms with Crippen molar-refractivity contribution in [2.75, 3.05) is 0 Å². The molecule has 0 radical (unpaired) electrons. The molecule has 4 rings (SSSR count). The van der Waals surface area contributed by atoms with Crippen LogP contribution in [-0.4, -0.2) is 9.97 Å². The maximum absolute atomic E-state index is 4.76. The molecule has 0 N–H and O–H groups in total. The molecule has 0 aliphatic heterocycles. The molecule has 2 heterocycles. The molecule has 4 aromatic rings. The van der Waals surface area contributed by atoms with Gasteiger partial charge in [-0.2, -0.15) is 0 Å². The molecule has 0 unspecified atom stereocenters. The summed E-state index contributed by atoms with van der Waals surface area (Å²) in [5.74, 6) is 0. The standard InChI is InChI=1S/C26H28N2/c1-25(2,3)21-9-8-19-17-28-23(15-20(19)14-21)16-26(4,5)22-10-11-24-18(13-22)7-6-12-27-24/h6-15,17H,16H2,1-5H3. The van der Waals surface area contributed by atoms with E-state index in [-0.39, 0.29) is 10.8 Å². The Kier molecular flexibility index (Phi) is 4.45. The summed E-state index contributed by atoms with van der Waals surface area (Å²) in [4.78, 5) is 9.20. The van der Waals surface area contributed by atoms with E-state index in [0.29, 0.717) is 0 Å². The number of benzene rings is 2. The monoisotopic (exact) mass is 368 g/mol. The van der Waals surface area contributed by atoms with Gasteiger partial charge in [0.05, 0.1) is 5.52 Å². The summed E-state index contributed by atoms with van der Waals surface area (Å²) in [5.41, 5.74) is 5.00. The fourth-order valence-corrected chi connectivity index (χ4v) is 3.80. The lowest BCUT2D eigenvalue weighted by Crippen LogP contribution is -2.21. The average molecular weight is 369 g/mol. The first-order chi connectivity index (χ1) is 13.2. The number of nitrogens with zero attached hydrogens (tertiary/aromatic N) is 2. The van der Waals surface area contributed by atoms with Crippen molar-refractivity contribution in [1.29, 1.82) is 0 Å². The Bertz CT molecular complexity index is 1150. The molecule has 0 fully saturated rings. The van der Waals surface area contributed by atoms with E-state index in [1.54, 1.807) is 0 Å². The maximum atomic E-state index is 4.76. The second-order valence-electron chi connectivity index (χ2n) is 9.46. The summed E-state index contributed by atoms with van der Waals surface area (Å²) in [6.07, 6.45) is 4.75. The largest absolute Gasteiger partial charge is 0.261 e. The van der Waals surface area contributed by atoms with Crippen LogP contribution in [-0.2, 0) is 17.3 Å². The third kappa shape index (κ3) is 3.64. The van der Waals surface area contributed by atoms with Gasteiger partial charge in [0.1, 0.15) is 0 Å². The summed E-state index contributed by atoms with van der Waals surface area (Å²) in [6.45, 7) is 11.4. The molecule has 2 aromatic heterocycles. The lowest BCUT2D eigenvalue weighted by molar-refractivity contribution is 0.516. The zero-order valence-corrected chi connectivity index (χ0v) is 17.5. The quantitative estimate of drug-likeness (QED) is 0.407. The minimum atomic E-state index is -0.00759. The molecule has 0 spiro atoms. The molecule has 2 nitrogen and oxygen atoms in total. The van der Waals surface area contributed by atoms with Crippen LogP contribution in [0, 0.1) is 0 Å². The molecular formula is C26H28N2. The van der Waals surface area contributed by atoms with Crippen molar-refractivity contribution < 1.29 is 0 Å². The fourth-order valence-electron chi connectivity index (χ4n) is 3.80. The van der Waals surface area contributed by atoms with Gasteiger partial charge in [-0.05, 0) is 58.0 Å². The number of fused-ring (bicyclic) bond motifs is 2. The zero-order chi connectivity index (χ0) is 19.9. The number of hydrogen-bond donors (Lipinski definition) is 0. The van der Waals surface area contributed by atoms with Crippen molar-refractivity contribution in [3.63, 3.8) is 0 Å². The van der Waals surface area contributed by atoms with E-state index < -0.39 is 0 Å². The van der Waals surface area contributed by atoms with E-state index in [2.05, 4.69) is 88.1 Å². The van der Waals surface area contributed by atoms with Crippen LogP contribution in [0.5, 0.6) is 0 Å². The van der Waals surface area contributed by atoms with Gasteiger partial charge in [0.2, 0.25) is 0 Å². The summed E-state index contributed by atoms with van der Waals surface area (Å²) in [6, 6.07) is 19.7. The van der Waals surface area contributed by atoms with E-state index >= 15 is 0 Å². The van der Waals surface area contributed by atoms with E-state index in [1.165, 1.54) is 27.3 Å². The molecule has 28 heavy (non-hydrogen) atoms. The molecule has 0 saturated heterocycles. The van der Waals surface area contributed by atoms with Crippen LogP contribution in [0.3, 0.4) is 0 Å². The topological polar surface area (TPSA) is 25.8 Å². The van der Waals surface area contributed by atoms with Gasteiger partial charge in [0, 0.05) is 28.9 Å². The van der Waals surface area contributed by atoms with Crippen LogP contribution in [0.25, 0.3) is 21.7 Å². The van der Waals surface area contributed by atoms with E-state index in [1.807, 2.05) is 18.5 Å². The minimum absolute atomic E-state index is 0.00759. The Labute approximate surface area is 167 Å². The van der Waals surface area contributed by atoms with Crippen molar-refractivity contribution in [3.05, 3.63) is 83.8 Å². The molecule has 0 aliphatic rings. The van der Waals surface area contributed by atoms with Gasteiger partial charge in [0.15, 0.2) is 0 Å². The third-order valence-electron chi connectivity index (χ3n) is 5.65. The molecule has 2 heteroatoms. The molecule has 0 atom stereocenters. The Morgan fingerprint density at radius 2 is 1.46 bits per heavy atom. The van der Waals surface area contributed by atoms with E-state index in [0.717, 1.165) is 17.6 Å². The zero-order valence-electron chi connectivity index (χ0n) is 17.5. The van der Waals surface area contributed by atoms with Crippen molar-refractivity contribution in [1.82, 2.24) is 9.97 Å². The van der Waals surface area contributed by atoms with Crippen molar-refractivity contribution in [2.24, 2.45) is 0 Å². The third-order valence-corrected chi connectivity index (χ3v) is 5.65. The first-order valence-electron chi connectivity index (χ1n) is 9.97. The van der Waals surface area contributed by atoms with E-state index in [9.17, 15) is 0 Å². The first-order valence-corrected chi connectivity index (χ1v) is 9.97. The second-order valence-corrected chi connectivity index (χ2v) is 9.46. The van der Waals surface area contributed by atoms with Crippen LogP contribution < -0.4 is 0 Å². The summed E-state index contributed by atoms with van der Waals surface area (Å²) >= 11 is 0. The Morgan fingerprint density at radius 3 is 2.25 bits per heavy atom. The summed E-state index contributed by atoms with van der Waals surface area (Å²) in [7, 11) is 0. The molecular weight excluding hydrogens is 340 g/mol. The van der Waals surface area contributed by atoms with Crippen LogP contribution in [0.15, 0.2) is 67.0 Å². The molecule has 0 aliphatic carbocycles. The highest BCUT2D eigenvalue weighted by Crippen LogP contribution is 2.31. The summed E-state index contributed by atoms with van der Waals surface area (Å²) in [5, 5.41) is 3.66. The molecule has 2 aromatic carbocycles. The lowest BCUT2D eigenvalue weighted by atomic mass is 9.79. The SMILES string of the molecule is CC(C)(C)c1ccc2cnc(CC(C)(C)c3ccc4ncccc4c3)cc2c1. The van der Waals surface area contributed by atoms with E-state index in [4.69, 9.17) is 4.98 Å². The molecule has 142 valence electrons. The number of aromatic nitrogens is 2. The maximum Gasteiger partial charge on any atom is 0.0702 e.